The topological polar surface area (TPSA) is 30.8 Å². The van der Waals surface area contributed by atoms with Crippen LogP contribution in [0.3, 0.4) is 0 Å². The molecule has 0 bridgehead atoms. The van der Waals surface area contributed by atoms with Gasteiger partial charge in [0.15, 0.2) is 0 Å². The van der Waals surface area contributed by atoms with Crippen molar-refractivity contribution in [3.05, 3.63) is 53.6 Å². The van der Waals surface area contributed by atoms with Gasteiger partial charge >= 0.3 is 0 Å². The monoisotopic (exact) mass is 289 g/mol. The first-order valence-electron chi connectivity index (χ1n) is 6.51. The number of hydrogen-bond donors (Lipinski definition) is 0. The Labute approximate surface area is 120 Å². The first kappa shape index (κ1) is 13.5. The lowest BCUT2D eigenvalue weighted by Gasteiger charge is -2.12. The van der Waals surface area contributed by atoms with E-state index in [4.69, 9.17) is 9.47 Å². The maximum absolute atomic E-state index is 14.2. The quantitative estimate of drug-likeness (QED) is 0.867. The SMILES string of the molecule is COc1ccc(-c2c(F)ccc(F)c2C2=NCCO2)cc1. The molecule has 108 valence electrons. The molecule has 0 N–H and O–H groups in total. The highest BCUT2D eigenvalue weighted by Crippen LogP contribution is 2.31. The molecule has 21 heavy (non-hydrogen) atoms. The number of hydrogen-bond acceptors (Lipinski definition) is 3. The van der Waals surface area contributed by atoms with Crippen LogP contribution in [0.25, 0.3) is 11.1 Å². The lowest BCUT2D eigenvalue weighted by Crippen LogP contribution is -2.08. The molecule has 0 fully saturated rings. The molecule has 0 radical (unpaired) electrons. The molecule has 1 heterocycles. The second-order valence-corrected chi connectivity index (χ2v) is 4.54. The summed E-state index contributed by atoms with van der Waals surface area (Å²) < 4.78 is 38.8. The van der Waals surface area contributed by atoms with Crippen LogP contribution in [0.5, 0.6) is 5.75 Å². The predicted molar refractivity (Wildman–Crippen MR) is 75.7 cm³/mol. The molecule has 3 rings (SSSR count). The van der Waals surface area contributed by atoms with Crippen molar-refractivity contribution in [1.82, 2.24) is 0 Å². The van der Waals surface area contributed by atoms with Crippen LogP contribution in [-0.2, 0) is 4.74 Å². The van der Waals surface area contributed by atoms with Crippen LogP contribution in [0.2, 0.25) is 0 Å². The Morgan fingerprint density at radius 1 is 1.00 bits per heavy atom. The minimum Gasteiger partial charge on any atom is -0.497 e. The number of methoxy groups -OCH3 is 1. The molecule has 1 aliphatic heterocycles. The first-order valence-corrected chi connectivity index (χ1v) is 6.51. The highest BCUT2D eigenvalue weighted by Gasteiger charge is 2.23. The van der Waals surface area contributed by atoms with Crippen molar-refractivity contribution in [2.75, 3.05) is 20.3 Å². The van der Waals surface area contributed by atoms with Gasteiger partial charge in [-0.2, -0.15) is 0 Å². The summed E-state index contributed by atoms with van der Waals surface area (Å²) in [5, 5.41) is 0. The maximum Gasteiger partial charge on any atom is 0.220 e. The zero-order valence-corrected chi connectivity index (χ0v) is 11.4. The van der Waals surface area contributed by atoms with E-state index in [2.05, 4.69) is 4.99 Å². The molecule has 0 saturated heterocycles. The van der Waals surface area contributed by atoms with Crippen LogP contribution in [0.4, 0.5) is 8.78 Å². The lowest BCUT2D eigenvalue weighted by atomic mass is 9.98. The van der Waals surface area contributed by atoms with Gasteiger partial charge in [0.1, 0.15) is 24.0 Å². The van der Waals surface area contributed by atoms with Crippen molar-refractivity contribution < 1.29 is 18.3 Å². The highest BCUT2D eigenvalue weighted by atomic mass is 19.1. The van der Waals surface area contributed by atoms with E-state index in [0.717, 1.165) is 12.1 Å². The van der Waals surface area contributed by atoms with E-state index < -0.39 is 11.6 Å². The second kappa shape index (κ2) is 5.52. The molecule has 0 amide bonds. The van der Waals surface area contributed by atoms with E-state index in [-0.39, 0.29) is 17.0 Å². The van der Waals surface area contributed by atoms with Crippen molar-refractivity contribution >= 4 is 5.90 Å². The van der Waals surface area contributed by atoms with Gasteiger partial charge < -0.3 is 9.47 Å². The molecule has 0 aliphatic carbocycles. The minimum atomic E-state index is -0.553. The molecule has 0 spiro atoms. The Morgan fingerprint density at radius 3 is 2.24 bits per heavy atom. The van der Waals surface area contributed by atoms with Crippen LogP contribution in [0, 0.1) is 11.6 Å². The van der Waals surface area contributed by atoms with Crippen molar-refractivity contribution in [2.24, 2.45) is 4.99 Å². The average Bonchev–Trinajstić information content (AvgIpc) is 3.03. The Kier molecular flexibility index (Phi) is 3.56. The Hall–Kier alpha value is -2.43. The predicted octanol–water partition coefficient (Wildman–Crippen LogP) is 3.42. The normalized spacial score (nSPS) is 13.8. The summed E-state index contributed by atoms with van der Waals surface area (Å²) in [4.78, 5) is 4.09. The molecule has 0 saturated carbocycles. The summed E-state index contributed by atoms with van der Waals surface area (Å²) >= 11 is 0. The number of nitrogens with zero attached hydrogens (tertiary/aromatic N) is 1. The third kappa shape index (κ3) is 2.46. The van der Waals surface area contributed by atoms with E-state index in [0.29, 0.717) is 24.5 Å². The third-order valence-electron chi connectivity index (χ3n) is 3.28. The second-order valence-electron chi connectivity index (χ2n) is 4.54. The van der Waals surface area contributed by atoms with Gasteiger partial charge in [-0.05, 0) is 29.8 Å². The molecule has 1 aliphatic rings. The van der Waals surface area contributed by atoms with Gasteiger partial charge in [0.25, 0.3) is 0 Å². The fraction of sp³-hybridized carbons (Fsp3) is 0.188. The molecule has 2 aromatic rings. The Morgan fingerprint density at radius 2 is 1.67 bits per heavy atom. The number of aliphatic imine (C=N–C) groups is 1. The summed E-state index contributed by atoms with van der Waals surface area (Å²) in [5.41, 5.74) is 0.761. The summed E-state index contributed by atoms with van der Waals surface area (Å²) in [6.45, 7) is 0.834. The zero-order chi connectivity index (χ0) is 14.8. The smallest absolute Gasteiger partial charge is 0.220 e. The van der Waals surface area contributed by atoms with E-state index in [1.807, 2.05) is 0 Å². The molecular weight excluding hydrogens is 276 g/mol. The van der Waals surface area contributed by atoms with Gasteiger partial charge in [-0.15, -0.1) is 0 Å². The van der Waals surface area contributed by atoms with Gasteiger partial charge in [0.2, 0.25) is 5.90 Å². The summed E-state index contributed by atoms with van der Waals surface area (Å²) in [6.07, 6.45) is 0. The highest BCUT2D eigenvalue weighted by molar-refractivity contribution is 6.01. The minimum absolute atomic E-state index is 0.0673. The molecule has 2 aromatic carbocycles. The van der Waals surface area contributed by atoms with Gasteiger partial charge in [-0.25, -0.2) is 13.8 Å². The summed E-state index contributed by atoms with van der Waals surface area (Å²) in [6, 6.07) is 8.93. The molecule has 0 atom stereocenters. The van der Waals surface area contributed by atoms with Crippen LogP contribution in [0.1, 0.15) is 5.56 Å². The largest absolute Gasteiger partial charge is 0.497 e. The number of rotatable bonds is 3. The fourth-order valence-electron chi connectivity index (χ4n) is 2.29. The molecule has 3 nitrogen and oxygen atoms in total. The van der Waals surface area contributed by atoms with Gasteiger partial charge in [0.05, 0.1) is 19.2 Å². The maximum atomic E-state index is 14.2. The van der Waals surface area contributed by atoms with Crippen LogP contribution in [-0.4, -0.2) is 26.2 Å². The van der Waals surface area contributed by atoms with E-state index in [1.165, 1.54) is 0 Å². The first-order chi connectivity index (χ1) is 10.2. The van der Waals surface area contributed by atoms with Gasteiger partial charge in [0, 0.05) is 5.56 Å². The Balaban J connectivity index is 2.18. The summed E-state index contributed by atoms with van der Waals surface area (Å²) in [7, 11) is 1.55. The van der Waals surface area contributed by atoms with E-state index in [9.17, 15) is 8.78 Å². The van der Waals surface area contributed by atoms with Crippen LogP contribution < -0.4 is 4.74 Å². The van der Waals surface area contributed by atoms with Gasteiger partial charge in [-0.1, -0.05) is 12.1 Å². The van der Waals surface area contributed by atoms with E-state index in [1.54, 1.807) is 31.4 Å². The molecule has 0 unspecified atom stereocenters. The fourth-order valence-corrected chi connectivity index (χ4v) is 2.29. The standard InChI is InChI=1S/C16H13F2NO2/c1-20-11-4-2-10(3-5-11)14-12(17)6-7-13(18)15(14)16-19-8-9-21-16/h2-7H,8-9H2,1H3. The van der Waals surface area contributed by atoms with E-state index >= 15 is 0 Å². The zero-order valence-electron chi connectivity index (χ0n) is 11.4. The van der Waals surface area contributed by atoms with Crippen molar-refractivity contribution in [3.8, 4) is 16.9 Å². The van der Waals surface area contributed by atoms with Crippen LogP contribution >= 0.6 is 0 Å². The van der Waals surface area contributed by atoms with Crippen molar-refractivity contribution in [1.29, 1.82) is 0 Å². The third-order valence-corrected chi connectivity index (χ3v) is 3.28. The lowest BCUT2D eigenvalue weighted by molar-refractivity contribution is 0.347. The Bertz CT molecular complexity index is 696. The van der Waals surface area contributed by atoms with Gasteiger partial charge in [-0.3, -0.25) is 0 Å². The van der Waals surface area contributed by atoms with Crippen molar-refractivity contribution in [2.45, 2.75) is 0 Å². The average molecular weight is 289 g/mol. The number of ether oxygens (including phenoxy) is 2. The molecule has 5 heteroatoms. The number of halogens is 2. The van der Waals surface area contributed by atoms with Crippen molar-refractivity contribution in [3.63, 3.8) is 0 Å². The van der Waals surface area contributed by atoms with Crippen LogP contribution in [0.15, 0.2) is 41.4 Å². The summed E-state index contributed by atoms with van der Waals surface area (Å²) in [5.74, 6) is -0.276. The molecule has 0 aromatic heterocycles. The molecular formula is C16H13F2NO2. The number of benzene rings is 2.